The highest BCUT2D eigenvalue weighted by atomic mass is 79.9. The molecule has 7 heteroatoms. The quantitative estimate of drug-likeness (QED) is 0.522. The third-order valence-corrected chi connectivity index (χ3v) is 6.69. The zero-order valence-corrected chi connectivity index (χ0v) is 18.6. The van der Waals surface area contributed by atoms with Crippen molar-refractivity contribution in [1.82, 2.24) is 0 Å². The molecule has 5 nitrogen and oxygen atoms in total. The van der Waals surface area contributed by atoms with E-state index in [1.165, 1.54) is 11.8 Å². The average molecular weight is 483 g/mol. The van der Waals surface area contributed by atoms with Crippen LogP contribution in [0, 0.1) is 0 Å². The number of benzene rings is 3. The number of anilines is 2. The van der Waals surface area contributed by atoms with E-state index in [-0.39, 0.29) is 17.2 Å². The minimum atomic E-state index is -0.274. The lowest BCUT2D eigenvalue weighted by Crippen LogP contribution is -2.29. The lowest BCUT2D eigenvalue weighted by atomic mass is 10.1. The maximum Gasteiger partial charge on any atom is 0.256 e. The number of thioether (sulfide) groups is 1. The molecule has 3 aromatic rings. The molecule has 0 spiro atoms. The largest absolute Gasteiger partial charge is 0.495 e. The van der Waals surface area contributed by atoms with Gasteiger partial charge in [0, 0.05) is 15.7 Å². The Kier molecular flexibility index (Phi) is 6.11. The van der Waals surface area contributed by atoms with E-state index < -0.39 is 0 Å². The van der Waals surface area contributed by atoms with E-state index in [0.717, 1.165) is 10.0 Å². The number of nitrogens with zero attached hydrogens (tertiary/aromatic N) is 1. The molecule has 0 aromatic heterocycles. The predicted octanol–water partition coefficient (Wildman–Crippen LogP) is 5.49. The van der Waals surface area contributed by atoms with Crippen molar-refractivity contribution in [1.29, 1.82) is 0 Å². The highest BCUT2D eigenvalue weighted by Crippen LogP contribution is 2.46. The smallest absolute Gasteiger partial charge is 0.256 e. The minimum Gasteiger partial charge on any atom is -0.495 e. The van der Waals surface area contributed by atoms with Gasteiger partial charge in [0.25, 0.3) is 5.91 Å². The van der Waals surface area contributed by atoms with Crippen LogP contribution in [0.3, 0.4) is 0 Å². The van der Waals surface area contributed by atoms with Gasteiger partial charge in [0.2, 0.25) is 5.91 Å². The lowest BCUT2D eigenvalue weighted by Gasteiger charge is -2.27. The first-order chi connectivity index (χ1) is 14.6. The van der Waals surface area contributed by atoms with Crippen molar-refractivity contribution in [3.63, 3.8) is 0 Å². The molecule has 1 aliphatic heterocycles. The molecule has 30 heavy (non-hydrogen) atoms. The second-order valence-corrected chi connectivity index (χ2v) is 8.54. The Morgan fingerprint density at radius 2 is 1.77 bits per heavy atom. The summed E-state index contributed by atoms with van der Waals surface area (Å²) in [6, 6.07) is 22.3. The van der Waals surface area contributed by atoms with Crippen LogP contribution >= 0.6 is 27.7 Å². The average Bonchev–Trinajstić information content (AvgIpc) is 3.15. The summed E-state index contributed by atoms with van der Waals surface area (Å²) in [5.74, 6) is 0.775. The van der Waals surface area contributed by atoms with Crippen LogP contribution in [0.5, 0.6) is 5.75 Å². The van der Waals surface area contributed by atoms with Gasteiger partial charge in [0.1, 0.15) is 11.1 Å². The van der Waals surface area contributed by atoms with Crippen molar-refractivity contribution in [2.45, 2.75) is 5.37 Å². The molecular formula is C23H19BrN2O3S. The summed E-state index contributed by atoms with van der Waals surface area (Å²) in [5, 5.41) is 2.73. The number of hydrogen-bond acceptors (Lipinski definition) is 4. The standard InChI is InChI=1S/C23H19BrN2O3S/c1-29-20-13-7-6-12-19(20)26-21(27)14-30-23(26)16-9-3-5-11-18(16)25-22(28)15-8-2-4-10-17(15)24/h2-13,23H,14H2,1H3,(H,25,28)/t23-/m1/s1. The Hall–Kier alpha value is -2.77. The number of ether oxygens (including phenoxy) is 1. The first-order valence-electron chi connectivity index (χ1n) is 9.31. The molecule has 1 aliphatic rings. The zero-order chi connectivity index (χ0) is 21.1. The number of nitrogens with one attached hydrogen (secondary N) is 1. The van der Waals surface area contributed by atoms with Crippen molar-refractivity contribution in [2.24, 2.45) is 0 Å². The summed E-state index contributed by atoms with van der Waals surface area (Å²) in [5.41, 5.74) is 2.79. The Bertz CT molecular complexity index is 1110. The van der Waals surface area contributed by atoms with E-state index in [9.17, 15) is 9.59 Å². The molecule has 0 aliphatic carbocycles. The lowest BCUT2D eigenvalue weighted by molar-refractivity contribution is -0.115. The van der Waals surface area contributed by atoms with Crippen LogP contribution in [0.15, 0.2) is 77.3 Å². The number of rotatable bonds is 5. The van der Waals surface area contributed by atoms with Gasteiger partial charge in [-0.3, -0.25) is 14.5 Å². The molecule has 1 heterocycles. The fourth-order valence-corrected chi connectivity index (χ4v) is 5.07. The number of methoxy groups -OCH3 is 1. The van der Waals surface area contributed by atoms with Crippen LogP contribution in [-0.2, 0) is 4.79 Å². The first-order valence-corrected chi connectivity index (χ1v) is 11.2. The molecule has 4 rings (SSSR count). The van der Waals surface area contributed by atoms with Gasteiger partial charge in [-0.25, -0.2) is 0 Å². The molecule has 0 unspecified atom stereocenters. The van der Waals surface area contributed by atoms with Crippen molar-refractivity contribution >= 4 is 50.9 Å². The second kappa shape index (κ2) is 8.93. The molecule has 2 amide bonds. The summed E-state index contributed by atoms with van der Waals surface area (Å²) >= 11 is 4.95. The summed E-state index contributed by atoms with van der Waals surface area (Å²) < 4.78 is 6.20. The van der Waals surface area contributed by atoms with Crippen molar-refractivity contribution < 1.29 is 14.3 Å². The van der Waals surface area contributed by atoms with Gasteiger partial charge < -0.3 is 10.1 Å². The number of carbonyl (C=O) groups excluding carboxylic acids is 2. The monoisotopic (exact) mass is 482 g/mol. The first kappa shape index (κ1) is 20.5. The third kappa shape index (κ3) is 3.95. The van der Waals surface area contributed by atoms with Gasteiger partial charge in [0.15, 0.2) is 0 Å². The third-order valence-electron chi connectivity index (χ3n) is 4.81. The molecule has 1 atom stereocenters. The molecule has 152 valence electrons. The summed E-state index contributed by atoms with van der Waals surface area (Å²) in [6.07, 6.45) is 0. The van der Waals surface area contributed by atoms with E-state index in [2.05, 4.69) is 21.2 Å². The van der Waals surface area contributed by atoms with E-state index in [1.807, 2.05) is 66.7 Å². The molecule has 1 N–H and O–H groups in total. The van der Waals surface area contributed by atoms with Crippen LogP contribution in [0.25, 0.3) is 0 Å². The van der Waals surface area contributed by atoms with Crippen molar-refractivity contribution in [2.75, 3.05) is 23.1 Å². The number of amides is 2. The van der Waals surface area contributed by atoms with Crippen LogP contribution in [0.2, 0.25) is 0 Å². The maximum absolute atomic E-state index is 12.9. The highest BCUT2D eigenvalue weighted by molar-refractivity contribution is 9.10. The van der Waals surface area contributed by atoms with Gasteiger partial charge >= 0.3 is 0 Å². The van der Waals surface area contributed by atoms with Gasteiger partial charge in [-0.05, 0) is 46.3 Å². The summed E-state index contributed by atoms with van der Waals surface area (Å²) in [6.45, 7) is 0. The summed E-state index contributed by atoms with van der Waals surface area (Å²) in [4.78, 5) is 27.4. The highest BCUT2D eigenvalue weighted by Gasteiger charge is 2.36. The Morgan fingerprint density at radius 3 is 2.57 bits per heavy atom. The number of hydrogen-bond donors (Lipinski definition) is 1. The van der Waals surface area contributed by atoms with E-state index in [1.54, 1.807) is 18.1 Å². The van der Waals surface area contributed by atoms with Gasteiger partial charge in [0.05, 0.1) is 24.1 Å². The predicted molar refractivity (Wildman–Crippen MR) is 124 cm³/mol. The van der Waals surface area contributed by atoms with Crippen LogP contribution in [0.4, 0.5) is 11.4 Å². The topological polar surface area (TPSA) is 58.6 Å². The van der Waals surface area contributed by atoms with Crippen LogP contribution in [0.1, 0.15) is 21.3 Å². The van der Waals surface area contributed by atoms with Gasteiger partial charge in [-0.1, -0.05) is 42.5 Å². The number of carbonyl (C=O) groups is 2. The summed E-state index contributed by atoms with van der Waals surface area (Å²) in [7, 11) is 1.59. The number of para-hydroxylation sites is 3. The molecule has 0 radical (unpaired) electrons. The van der Waals surface area contributed by atoms with E-state index >= 15 is 0 Å². The molecule has 3 aromatic carbocycles. The fourth-order valence-electron chi connectivity index (χ4n) is 3.40. The van der Waals surface area contributed by atoms with Crippen molar-refractivity contribution in [3.8, 4) is 5.75 Å². The normalized spacial score (nSPS) is 15.9. The molecular weight excluding hydrogens is 464 g/mol. The SMILES string of the molecule is COc1ccccc1N1C(=O)CS[C@@H]1c1ccccc1NC(=O)c1ccccc1Br. The van der Waals surface area contributed by atoms with Crippen LogP contribution in [-0.4, -0.2) is 24.7 Å². The van der Waals surface area contributed by atoms with E-state index in [0.29, 0.717) is 28.4 Å². The van der Waals surface area contributed by atoms with Gasteiger partial charge in [-0.2, -0.15) is 0 Å². The minimum absolute atomic E-state index is 0.00133. The number of halogens is 1. The van der Waals surface area contributed by atoms with Crippen LogP contribution < -0.4 is 15.0 Å². The molecule has 1 fully saturated rings. The molecule has 0 bridgehead atoms. The fraction of sp³-hybridized carbons (Fsp3) is 0.130. The maximum atomic E-state index is 12.9. The Balaban J connectivity index is 1.70. The molecule has 1 saturated heterocycles. The van der Waals surface area contributed by atoms with Crippen molar-refractivity contribution in [3.05, 3.63) is 88.4 Å². The molecule has 0 saturated carbocycles. The zero-order valence-electron chi connectivity index (χ0n) is 16.2. The van der Waals surface area contributed by atoms with Gasteiger partial charge in [-0.15, -0.1) is 11.8 Å². The van der Waals surface area contributed by atoms with E-state index in [4.69, 9.17) is 4.74 Å². The second-order valence-electron chi connectivity index (χ2n) is 6.62. The Labute approximate surface area is 187 Å². The Morgan fingerprint density at radius 1 is 1.07 bits per heavy atom.